The first-order valence-corrected chi connectivity index (χ1v) is 16.2. The van der Waals surface area contributed by atoms with E-state index < -0.39 is 11.7 Å². The summed E-state index contributed by atoms with van der Waals surface area (Å²) >= 11 is 0. The third kappa shape index (κ3) is 7.32. The number of aromatic nitrogens is 1. The molecule has 242 valence electrons. The normalized spacial score (nSPS) is 23.8. The Morgan fingerprint density at radius 3 is 2.27 bits per heavy atom. The maximum atomic E-state index is 14.0. The van der Waals surface area contributed by atoms with E-state index in [0.717, 1.165) is 47.9 Å². The zero-order valence-corrected chi connectivity index (χ0v) is 25.9. The van der Waals surface area contributed by atoms with Gasteiger partial charge in [-0.15, -0.1) is 0 Å². The zero-order chi connectivity index (χ0) is 31.6. The number of nitrogens with one attached hydrogen (secondary N) is 2. The number of methoxy groups -OCH3 is 1. The van der Waals surface area contributed by atoms with Crippen LogP contribution in [-0.2, 0) is 28.7 Å². The first-order valence-electron chi connectivity index (χ1n) is 16.2. The lowest BCUT2D eigenvalue weighted by molar-refractivity contribution is -0.137. The Morgan fingerprint density at radius 1 is 0.956 bits per heavy atom. The largest absolute Gasteiger partial charge is 0.416 e. The van der Waals surface area contributed by atoms with Crippen LogP contribution >= 0.6 is 0 Å². The molecule has 4 bridgehead atoms. The van der Waals surface area contributed by atoms with Crippen LogP contribution in [0, 0.1) is 17.8 Å². The number of benzene rings is 2. The summed E-state index contributed by atoms with van der Waals surface area (Å²) in [5.74, 6) is 1.77. The Morgan fingerprint density at radius 2 is 1.62 bits per heavy atom. The molecule has 4 saturated carbocycles. The SMILES string of the molecule is COCCCN(CC(=O)N(CCc1c[nH]c2ccccc12)Cc1ccc(C(F)(F)F)cc1)C(=O)NC12CC3CC(CC(C3)C1)C2. The van der Waals surface area contributed by atoms with Crippen LogP contribution in [0.4, 0.5) is 18.0 Å². The van der Waals surface area contributed by atoms with E-state index in [1.165, 1.54) is 31.4 Å². The van der Waals surface area contributed by atoms with E-state index in [4.69, 9.17) is 4.74 Å². The van der Waals surface area contributed by atoms with Crippen LogP contribution in [0.3, 0.4) is 0 Å². The van der Waals surface area contributed by atoms with E-state index in [9.17, 15) is 22.8 Å². The number of para-hydroxylation sites is 1. The van der Waals surface area contributed by atoms with Gasteiger partial charge in [-0.25, -0.2) is 4.79 Å². The van der Waals surface area contributed by atoms with Crippen molar-refractivity contribution in [3.63, 3.8) is 0 Å². The first kappa shape index (κ1) is 31.5. The molecule has 0 aliphatic heterocycles. The summed E-state index contributed by atoms with van der Waals surface area (Å²) in [5.41, 5.74) is 1.72. The predicted octanol–water partition coefficient (Wildman–Crippen LogP) is 6.77. The fourth-order valence-corrected chi connectivity index (χ4v) is 8.39. The van der Waals surface area contributed by atoms with Crippen LogP contribution in [0.2, 0.25) is 0 Å². The Hall–Kier alpha value is -3.53. The molecule has 3 aromatic rings. The van der Waals surface area contributed by atoms with Gasteiger partial charge in [-0.2, -0.15) is 13.2 Å². The molecule has 0 spiro atoms. The number of amides is 3. The van der Waals surface area contributed by atoms with E-state index >= 15 is 0 Å². The molecular weight excluding hydrogens is 581 g/mol. The fourth-order valence-electron chi connectivity index (χ4n) is 8.39. The number of hydrogen-bond acceptors (Lipinski definition) is 3. The molecule has 4 aliphatic rings. The molecule has 2 N–H and O–H groups in total. The highest BCUT2D eigenvalue weighted by Gasteiger charge is 2.52. The van der Waals surface area contributed by atoms with Gasteiger partial charge in [0.15, 0.2) is 0 Å². The van der Waals surface area contributed by atoms with Crippen molar-refractivity contribution in [1.29, 1.82) is 0 Å². The summed E-state index contributed by atoms with van der Waals surface area (Å²) in [5, 5.41) is 4.47. The van der Waals surface area contributed by atoms with Crippen LogP contribution in [-0.4, -0.2) is 65.6 Å². The number of carbonyl (C=O) groups is 2. The molecule has 4 fully saturated rings. The van der Waals surface area contributed by atoms with Crippen molar-refractivity contribution in [2.45, 2.75) is 69.6 Å². The van der Waals surface area contributed by atoms with E-state index in [1.54, 1.807) is 16.9 Å². The van der Waals surface area contributed by atoms with Gasteiger partial charge in [0, 0.05) is 56.0 Å². The van der Waals surface area contributed by atoms with Gasteiger partial charge in [-0.05, 0) is 98.4 Å². The molecule has 4 aliphatic carbocycles. The number of hydrogen-bond donors (Lipinski definition) is 2. The molecule has 7 rings (SSSR count). The number of fused-ring (bicyclic) bond motifs is 1. The smallest absolute Gasteiger partial charge is 0.385 e. The minimum absolute atomic E-state index is 0.115. The number of carbonyl (C=O) groups excluding carboxylic acids is 2. The summed E-state index contributed by atoms with van der Waals surface area (Å²) in [4.78, 5) is 34.4. The molecule has 2 aromatic carbocycles. The quantitative estimate of drug-likeness (QED) is 0.218. The molecule has 1 aromatic heterocycles. The Labute approximate surface area is 262 Å². The second-order valence-electron chi connectivity index (χ2n) is 13.5. The van der Waals surface area contributed by atoms with E-state index in [-0.39, 0.29) is 30.6 Å². The highest BCUT2D eigenvalue weighted by atomic mass is 19.4. The van der Waals surface area contributed by atoms with E-state index in [1.807, 2.05) is 30.5 Å². The number of H-pyrrole nitrogens is 1. The van der Waals surface area contributed by atoms with Gasteiger partial charge < -0.3 is 24.8 Å². The average Bonchev–Trinajstić information content (AvgIpc) is 3.40. The van der Waals surface area contributed by atoms with E-state index in [2.05, 4.69) is 10.3 Å². The summed E-state index contributed by atoms with van der Waals surface area (Å²) in [6, 6.07) is 12.7. The molecule has 10 heteroatoms. The Balaban J connectivity index is 1.19. The molecule has 0 atom stereocenters. The number of urea groups is 1. The topological polar surface area (TPSA) is 77.7 Å². The lowest BCUT2D eigenvalue weighted by Crippen LogP contribution is -2.62. The minimum Gasteiger partial charge on any atom is -0.385 e. The van der Waals surface area contributed by atoms with Gasteiger partial charge in [-0.3, -0.25) is 4.79 Å². The molecule has 0 unspecified atom stereocenters. The van der Waals surface area contributed by atoms with Gasteiger partial charge in [0.2, 0.25) is 5.91 Å². The van der Waals surface area contributed by atoms with Crippen molar-refractivity contribution in [3.05, 3.63) is 71.4 Å². The standard InChI is InChI=1S/C35H43F3N4O3/c1-45-14-4-12-42(33(44)40-34-18-25-15-26(19-34)17-27(16-25)20-34)23-32(43)41(22-24-7-9-29(10-8-24)35(36,37)38)13-11-28-21-39-31-6-3-2-5-30(28)31/h2-3,5-10,21,25-27,39H,4,11-20,22-23H2,1H3,(H,40,44). The highest BCUT2D eigenvalue weighted by molar-refractivity contribution is 5.85. The molecule has 7 nitrogen and oxygen atoms in total. The van der Waals surface area contributed by atoms with Crippen molar-refractivity contribution >= 4 is 22.8 Å². The van der Waals surface area contributed by atoms with Crippen molar-refractivity contribution in [3.8, 4) is 0 Å². The first-order chi connectivity index (χ1) is 21.6. The second-order valence-corrected chi connectivity index (χ2v) is 13.5. The van der Waals surface area contributed by atoms with Crippen LogP contribution in [0.25, 0.3) is 10.9 Å². The lowest BCUT2D eigenvalue weighted by atomic mass is 9.53. The average molecular weight is 625 g/mol. The van der Waals surface area contributed by atoms with Crippen molar-refractivity contribution in [2.24, 2.45) is 17.8 Å². The van der Waals surface area contributed by atoms with Crippen LogP contribution in [0.5, 0.6) is 0 Å². The zero-order valence-electron chi connectivity index (χ0n) is 25.9. The summed E-state index contributed by atoms with van der Waals surface area (Å²) in [6.45, 7) is 1.21. The predicted molar refractivity (Wildman–Crippen MR) is 166 cm³/mol. The maximum absolute atomic E-state index is 14.0. The highest BCUT2D eigenvalue weighted by Crippen LogP contribution is 2.55. The fraction of sp³-hybridized carbons (Fsp3) is 0.543. The third-order valence-electron chi connectivity index (χ3n) is 10.1. The molecule has 0 saturated heterocycles. The molecule has 3 amide bonds. The Bertz CT molecular complexity index is 1450. The van der Waals surface area contributed by atoms with Gasteiger partial charge in [0.25, 0.3) is 0 Å². The number of nitrogens with zero attached hydrogens (tertiary/aromatic N) is 2. The monoisotopic (exact) mass is 624 g/mol. The summed E-state index contributed by atoms with van der Waals surface area (Å²) in [6.07, 6.45) is 5.46. The van der Waals surface area contributed by atoms with Crippen LogP contribution < -0.4 is 5.32 Å². The Kier molecular flexibility index (Phi) is 9.13. The second kappa shape index (κ2) is 13.1. The van der Waals surface area contributed by atoms with Gasteiger partial charge in [0.1, 0.15) is 6.54 Å². The van der Waals surface area contributed by atoms with Gasteiger partial charge in [-0.1, -0.05) is 30.3 Å². The van der Waals surface area contributed by atoms with Crippen molar-refractivity contribution < 1.29 is 27.5 Å². The van der Waals surface area contributed by atoms with E-state index in [0.29, 0.717) is 55.9 Å². The minimum atomic E-state index is -4.43. The molecule has 1 heterocycles. The number of aromatic amines is 1. The van der Waals surface area contributed by atoms with Crippen molar-refractivity contribution in [2.75, 3.05) is 33.4 Å². The number of halogens is 3. The number of ether oxygens (including phenoxy) is 1. The summed E-state index contributed by atoms with van der Waals surface area (Å²) in [7, 11) is 1.61. The van der Waals surface area contributed by atoms with Crippen molar-refractivity contribution in [1.82, 2.24) is 20.1 Å². The molecular formula is C35H43F3N4O3. The maximum Gasteiger partial charge on any atom is 0.416 e. The van der Waals surface area contributed by atoms with Gasteiger partial charge >= 0.3 is 12.2 Å². The lowest BCUT2D eigenvalue weighted by Gasteiger charge is -2.57. The van der Waals surface area contributed by atoms with Gasteiger partial charge in [0.05, 0.1) is 5.56 Å². The van der Waals surface area contributed by atoms with Crippen LogP contribution in [0.1, 0.15) is 61.6 Å². The van der Waals surface area contributed by atoms with Crippen LogP contribution in [0.15, 0.2) is 54.7 Å². The molecule has 0 radical (unpaired) electrons. The number of alkyl halides is 3. The molecule has 45 heavy (non-hydrogen) atoms. The summed E-state index contributed by atoms with van der Waals surface area (Å²) < 4.78 is 44.9. The third-order valence-corrected chi connectivity index (χ3v) is 10.1. The number of rotatable bonds is 12.